The molecule has 3 N–H and O–H groups in total. The molecule has 0 saturated heterocycles. The smallest absolute Gasteiger partial charge is 0.222 e. The molecule has 2 aromatic rings. The third kappa shape index (κ3) is 3.44. The second-order valence-electron chi connectivity index (χ2n) is 4.15. The Bertz CT molecular complexity index is 632. The molecule has 1 aromatic heterocycles. The monoisotopic (exact) mass is 275 g/mol. The predicted octanol–water partition coefficient (Wildman–Crippen LogP) is 2.34. The van der Waals surface area contributed by atoms with Gasteiger partial charge in [0, 0.05) is 18.6 Å². The van der Waals surface area contributed by atoms with Crippen molar-refractivity contribution in [2.45, 2.75) is 13.5 Å². The highest BCUT2D eigenvalue weighted by molar-refractivity contribution is 5.90. The van der Waals surface area contributed by atoms with Crippen molar-refractivity contribution in [1.29, 1.82) is 0 Å². The lowest BCUT2D eigenvalue weighted by atomic mass is 10.2. The van der Waals surface area contributed by atoms with Crippen LogP contribution < -0.4 is 15.8 Å². The molecule has 104 valence electrons. The number of amides is 1. The second-order valence-corrected chi connectivity index (χ2v) is 4.15. The van der Waals surface area contributed by atoms with Crippen molar-refractivity contribution in [3.8, 4) is 5.88 Å². The maximum absolute atomic E-state index is 13.4. The van der Waals surface area contributed by atoms with Gasteiger partial charge in [0.05, 0.1) is 5.69 Å². The van der Waals surface area contributed by atoms with Gasteiger partial charge in [0.25, 0.3) is 0 Å². The fourth-order valence-electron chi connectivity index (χ4n) is 1.57. The second kappa shape index (κ2) is 6.01. The molecule has 6 heteroatoms. The van der Waals surface area contributed by atoms with E-state index in [-0.39, 0.29) is 30.0 Å². The maximum atomic E-state index is 13.4. The minimum atomic E-state index is -0.343. The van der Waals surface area contributed by atoms with Crippen molar-refractivity contribution < 1.29 is 13.9 Å². The molecule has 0 aliphatic carbocycles. The first-order valence-corrected chi connectivity index (χ1v) is 5.96. The standard InChI is InChI=1S/C14H14FN3O2/c1-9(19)17-14-12(16)6-7-13(18-14)20-8-10-4-2-3-5-11(10)15/h2-7H,8,16H2,1H3,(H,17,18,19). The number of rotatable bonds is 4. The van der Waals surface area contributed by atoms with Crippen LogP contribution in [0.5, 0.6) is 5.88 Å². The lowest BCUT2D eigenvalue weighted by Gasteiger charge is -2.09. The summed E-state index contributed by atoms with van der Waals surface area (Å²) in [5.41, 5.74) is 6.43. The Kier molecular flexibility index (Phi) is 4.14. The van der Waals surface area contributed by atoms with E-state index < -0.39 is 0 Å². The zero-order valence-electron chi connectivity index (χ0n) is 10.9. The molecule has 0 radical (unpaired) electrons. The van der Waals surface area contributed by atoms with Crippen molar-refractivity contribution in [1.82, 2.24) is 4.98 Å². The summed E-state index contributed by atoms with van der Waals surface area (Å²) in [6, 6.07) is 9.44. The number of nitrogen functional groups attached to an aromatic ring is 1. The number of nitrogens with two attached hydrogens (primary N) is 1. The molecule has 0 aliphatic rings. The van der Waals surface area contributed by atoms with Crippen LogP contribution in [-0.2, 0) is 11.4 Å². The van der Waals surface area contributed by atoms with Crippen LogP contribution >= 0.6 is 0 Å². The summed E-state index contributed by atoms with van der Waals surface area (Å²) in [5.74, 6) is -0.143. The highest BCUT2D eigenvalue weighted by Gasteiger charge is 2.07. The molecule has 0 aliphatic heterocycles. The Labute approximate surface area is 115 Å². The van der Waals surface area contributed by atoms with Crippen LogP contribution in [0.3, 0.4) is 0 Å². The Morgan fingerprint density at radius 2 is 2.10 bits per heavy atom. The minimum Gasteiger partial charge on any atom is -0.473 e. The van der Waals surface area contributed by atoms with Gasteiger partial charge in [-0.3, -0.25) is 4.79 Å². The van der Waals surface area contributed by atoms with Gasteiger partial charge in [-0.05, 0) is 12.1 Å². The third-order valence-electron chi connectivity index (χ3n) is 2.53. The summed E-state index contributed by atoms with van der Waals surface area (Å²) in [6.45, 7) is 1.40. The third-order valence-corrected chi connectivity index (χ3v) is 2.53. The zero-order valence-corrected chi connectivity index (χ0v) is 10.9. The molecule has 20 heavy (non-hydrogen) atoms. The Morgan fingerprint density at radius 3 is 2.80 bits per heavy atom. The average molecular weight is 275 g/mol. The summed E-state index contributed by atoms with van der Waals surface area (Å²) in [5, 5.41) is 2.49. The van der Waals surface area contributed by atoms with Crippen molar-refractivity contribution >= 4 is 17.4 Å². The number of ether oxygens (including phenoxy) is 1. The molecular formula is C14H14FN3O2. The van der Waals surface area contributed by atoms with Crippen LogP contribution in [0.2, 0.25) is 0 Å². The van der Waals surface area contributed by atoms with E-state index >= 15 is 0 Å². The van der Waals surface area contributed by atoms with Gasteiger partial charge in [0.15, 0.2) is 5.82 Å². The summed E-state index contributed by atoms with van der Waals surface area (Å²) in [6.07, 6.45) is 0. The lowest BCUT2D eigenvalue weighted by Crippen LogP contribution is -2.10. The quantitative estimate of drug-likeness (QED) is 0.897. The molecule has 0 spiro atoms. The first-order chi connectivity index (χ1) is 9.56. The van der Waals surface area contributed by atoms with E-state index in [1.165, 1.54) is 13.0 Å². The maximum Gasteiger partial charge on any atom is 0.222 e. The molecule has 0 unspecified atom stereocenters. The van der Waals surface area contributed by atoms with Crippen molar-refractivity contribution in [2.75, 3.05) is 11.1 Å². The number of hydrogen-bond donors (Lipinski definition) is 2. The highest BCUT2D eigenvalue weighted by Crippen LogP contribution is 2.20. The van der Waals surface area contributed by atoms with E-state index in [1.54, 1.807) is 30.3 Å². The number of anilines is 2. The number of halogens is 1. The van der Waals surface area contributed by atoms with Crippen molar-refractivity contribution in [3.63, 3.8) is 0 Å². The summed E-state index contributed by atoms with van der Waals surface area (Å²) in [7, 11) is 0. The van der Waals surface area contributed by atoms with Crippen LogP contribution in [0.4, 0.5) is 15.9 Å². The first kappa shape index (κ1) is 13.8. The SMILES string of the molecule is CC(=O)Nc1nc(OCc2ccccc2F)ccc1N. The van der Waals surface area contributed by atoms with Gasteiger partial charge in [-0.2, -0.15) is 4.98 Å². The number of pyridine rings is 1. The van der Waals surface area contributed by atoms with Gasteiger partial charge >= 0.3 is 0 Å². The Hall–Kier alpha value is -2.63. The van der Waals surface area contributed by atoms with Gasteiger partial charge in [-0.25, -0.2) is 4.39 Å². The minimum absolute atomic E-state index is 0.0447. The zero-order chi connectivity index (χ0) is 14.5. The molecule has 1 aromatic carbocycles. The topological polar surface area (TPSA) is 77.2 Å². The van der Waals surface area contributed by atoms with Crippen LogP contribution in [0, 0.1) is 5.82 Å². The largest absolute Gasteiger partial charge is 0.473 e. The van der Waals surface area contributed by atoms with Crippen molar-refractivity contribution in [3.05, 3.63) is 47.8 Å². The van der Waals surface area contributed by atoms with E-state index in [4.69, 9.17) is 10.5 Å². The fourth-order valence-corrected chi connectivity index (χ4v) is 1.57. The predicted molar refractivity (Wildman–Crippen MR) is 73.7 cm³/mol. The summed E-state index contributed by atoms with van der Waals surface area (Å²) < 4.78 is 18.8. The Morgan fingerprint density at radius 1 is 1.35 bits per heavy atom. The fraction of sp³-hybridized carbons (Fsp3) is 0.143. The molecule has 2 rings (SSSR count). The van der Waals surface area contributed by atoms with E-state index in [1.807, 2.05) is 0 Å². The van der Waals surface area contributed by atoms with Gasteiger partial charge < -0.3 is 15.8 Å². The van der Waals surface area contributed by atoms with Crippen LogP contribution in [0.25, 0.3) is 0 Å². The molecule has 0 atom stereocenters. The number of hydrogen-bond acceptors (Lipinski definition) is 4. The van der Waals surface area contributed by atoms with Crippen LogP contribution in [0.15, 0.2) is 36.4 Å². The van der Waals surface area contributed by atoms with E-state index in [9.17, 15) is 9.18 Å². The van der Waals surface area contributed by atoms with Gasteiger partial charge in [-0.1, -0.05) is 18.2 Å². The number of aromatic nitrogens is 1. The Balaban J connectivity index is 2.10. The van der Waals surface area contributed by atoms with E-state index in [2.05, 4.69) is 10.3 Å². The molecule has 1 heterocycles. The van der Waals surface area contributed by atoms with Crippen LogP contribution in [-0.4, -0.2) is 10.9 Å². The number of carbonyl (C=O) groups is 1. The molecule has 0 saturated carbocycles. The molecule has 0 bridgehead atoms. The first-order valence-electron chi connectivity index (χ1n) is 5.96. The highest BCUT2D eigenvalue weighted by atomic mass is 19.1. The average Bonchev–Trinajstić information content (AvgIpc) is 2.40. The van der Waals surface area contributed by atoms with Gasteiger partial charge in [-0.15, -0.1) is 0 Å². The van der Waals surface area contributed by atoms with Gasteiger partial charge in [0.2, 0.25) is 11.8 Å². The molecule has 5 nitrogen and oxygen atoms in total. The van der Waals surface area contributed by atoms with Crippen LogP contribution in [0.1, 0.15) is 12.5 Å². The number of nitrogens with one attached hydrogen (secondary N) is 1. The van der Waals surface area contributed by atoms with Gasteiger partial charge in [0.1, 0.15) is 12.4 Å². The van der Waals surface area contributed by atoms with E-state index in [0.717, 1.165) is 0 Å². The number of carbonyl (C=O) groups excluding carboxylic acids is 1. The summed E-state index contributed by atoms with van der Waals surface area (Å²) >= 11 is 0. The number of nitrogens with zero attached hydrogens (tertiary/aromatic N) is 1. The van der Waals surface area contributed by atoms with Crippen molar-refractivity contribution in [2.24, 2.45) is 0 Å². The molecular weight excluding hydrogens is 261 g/mol. The van der Waals surface area contributed by atoms with E-state index in [0.29, 0.717) is 11.3 Å². The normalized spacial score (nSPS) is 10.1. The molecule has 0 fully saturated rings. The number of benzene rings is 1. The molecule has 1 amide bonds. The summed E-state index contributed by atoms with van der Waals surface area (Å²) in [4.78, 5) is 15.1. The lowest BCUT2D eigenvalue weighted by molar-refractivity contribution is -0.114.